The largest absolute Gasteiger partial charge is 0.377 e. The Hall–Kier alpha value is -1.65. The van der Waals surface area contributed by atoms with E-state index in [1.165, 1.54) is 22.0 Å². The highest BCUT2D eigenvalue weighted by Crippen LogP contribution is 2.25. The molecule has 0 spiro atoms. The average Bonchev–Trinajstić information content (AvgIpc) is 2.88. The van der Waals surface area contributed by atoms with Crippen molar-refractivity contribution in [1.82, 2.24) is 14.7 Å². The quantitative estimate of drug-likeness (QED) is 0.855. The Morgan fingerprint density at radius 3 is 3.00 bits per heavy atom. The molecule has 1 aromatic heterocycles. The zero-order valence-corrected chi connectivity index (χ0v) is 12.2. The van der Waals surface area contributed by atoms with E-state index in [-0.39, 0.29) is 0 Å². The van der Waals surface area contributed by atoms with Crippen molar-refractivity contribution in [2.45, 2.75) is 13.0 Å². The number of nitrogens with zero attached hydrogens (tertiary/aromatic N) is 3. The Bertz CT molecular complexity index is 628. The van der Waals surface area contributed by atoms with Crippen molar-refractivity contribution >= 4 is 16.5 Å². The van der Waals surface area contributed by atoms with Crippen LogP contribution < -0.4 is 0 Å². The number of likely N-dealkylation sites (N-methyl/N-ethyl adjacent to an activating group) is 1. The molecule has 106 valence electrons. The van der Waals surface area contributed by atoms with Gasteiger partial charge in [-0.2, -0.15) is 5.10 Å². The van der Waals surface area contributed by atoms with Gasteiger partial charge in [0.15, 0.2) is 0 Å². The van der Waals surface area contributed by atoms with Crippen molar-refractivity contribution in [1.29, 1.82) is 0 Å². The number of hydrogen-bond donors (Lipinski definition) is 0. The Morgan fingerprint density at radius 2 is 2.25 bits per heavy atom. The van der Waals surface area contributed by atoms with Crippen LogP contribution in [0.2, 0.25) is 0 Å². The highest BCUT2D eigenvalue weighted by atomic mass is 16.5. The van der Waals surface area contributed by atoms with Gasteiger partial charge in [0.1, 0.15) is 0 Å². The Morgan fingerprint density at radius 1 is 1.35 bits per heavy atom. The minimum Gasteiger partial charge on any atom is -0.377 e. The molecule has 0 radical (unpaired) electrons. The molecule has 0 amide bonds. The molecule has 0 unspecified atom stereocenters. The molecule has 2 aromatic rings. The van der Waals surface area contributed by atoms with Crippen molar-refractivity contribution in [3.05, 3.63) is 36.0 Å². The SMILES string of the molecule is CN(C)CCn1ncc2ccc(C3=CCOCC3)cc21. The van der Waals surface area contributed by atoms with Crippen molar-refractivity contribution in [2.75, 3.05) is 33.9 Å². The molecule has 0 atom stereocenters. The van der Waals surface area contributed by atoms with Gasteiger partial charge in [0.25, 0.3) is 0 Å². The molecule has 4 heteroatoms. The van der Waals surface area contributed by atoms with Crippen molar-refractivity contribution in [2.24, 2.45) is 0 Å². The van der Waals surface area contributed by atoms with Crippen molar-refractivity contribution in [3.63, 3.8) is 0 Å². The third-order valence-electron chi connectivity index (χ3n) is 3.74. The Kier molecular flexibility index (Phi) is 3.85. The van der Waals surface area contributed by atoms with Crippen LogP contribution in [0.25, 0.3) is 16.5 Å². The number of aromatic nitrogens is 2. The summed E-state index contributed by atoms with van der Waals surface area (Å²) in [7, 11) is 4.17. The first-order valence-corrected chi connectivity index (χ1v) is 7.11. The molecule has 1 aromatic carbocycles. The molecule has 0 bridgehead atoms. The lowest BCUT2D eigenvalue weighted by atomic mass is 10.0. The third kappa shape index (κ3) is 2.76. The van der Waals surface area contributed by atoms with E-state index in [1.54, 1.807) is 0 Å². The van der Waals surface area contributed by atoms with Crippen molar-refractivity contribution < 1.29 is 4.74 Å². The summed E-state index contributed by atoms with van der Waals surface area (Å²) in [6.45, 7) is 3.47. The fourth-order valence-electron chi connectivity index (χ4n) is 2.53. The van der Waals surface area contributed by atoms with Crippen LogP contribution in [0.3, 0.4) is 0 Å². The van der Waals surface area contributed by atoms with Crippen LogP contribution in [-0.4, -0.2) is 48.5 Å². The molecule has 2 heterocycles. The first kappa shape index (κ1) is 13.3. The van der Waals surface area contributed by atoms with Gasteiger partial charge in [-0.25, -0.2) is 0 Å². The standard InChI is InChI=1S/C16H21N3O/c1-18(2)7-8-19-16-11-14(3-4-15(16)12-17-19)13-5-9-20-10-6-13/h3-5,11-12H,6-10H2,1-2H3. The second-order valence-electron chi connectivity index (χ2n) is 5.50. The van der Waals surface area contributed by atoms with Crippen LogP contribution in [0.4, 0.5) is 0 Å². The van der Waals surface area contributed by atoms with E-state index in [9.17, 15) is 0 Å². The molecule has 0 saturated carbocycles. The van der Waals surface area contributed by atoms with E-state index < -0.39 is 0 Å². The summed E-state index contributed by atoms with van der Waals surface area (Å²) in [4.78, 5) is 2.18. The maximum absolute atomic E-state index is 5.38. The summed E-state index contributed by atoms with van der Waals surface area (Å²) in [6.07, 6.45) is 5.13. The van der Waals surface area contributed by atoms with Gasteiger partial charge in [0.05, 0.1) is 31.5 Å². The smallest absolute Gasteiger partial charge is 0.0689 e. The summed E-state index contributed by atoms with van der Waals surface area (Å²) in [5.74, 6) is 0. The minimum absolute atomic E-state index is 0.729. The molecule has 1 aliphatic rings. The Balaban J connectivity index is 1.92. The normalized spacial score (nSPS) is 15.8. The summed E-state index contributed by atoms with van der Waals surface area (Å²) in [5.41, 5.74) is 3.91. The lowest BCUT2D eigenvalue weighted by molar-refractivity contribution is 0.161. The number of rotatable bonds is 4. The van der Waals surface area contributed by atoms with Gasteiger partial charge in [-0.3, -0.25) is 4.68 Å². The molecular weight excluding hydrogens is 250 g/mol. The Labute approximate surface area is 119 Å². The molecule has 0 fully saturated rings. The fraction of sp³-hybridized carbons (Fsp3) is 0.438. The van der Waals surface area contributed by atoms with Gasteiger partial charge in [0.2, 0.25) is 0 Å². The molecule has 3 rings (SSSR count). The van der Waals surface area contributed by atoms with Crippen LogP contribution in [-0.2, 0) is 11.3 Å². The second kappa shape index (κ2) is 5.77. The van der Waals surface area contributed by atoms with Gasteiger partial charge >= 0.3 is 0 Å². The zero-order chi connectivity index (χ0) is 13.9. The van der Waals surface area contributed by atoms with Gasteiger partial charge in [-0.15, -0.1) is 0 Å². The molecule has 4 nitrogen and oxygen atoms in total. The first-order chi connectivity index (χ1) is 9.74. The van der Waals surface area contributed by atoms with Crippen LogP contribution in [0.15, 0.2) is 30.5 Å². The summed E-state index contributed by atoms with van der Waals surface area (Å²) in [6, 6.07) is 6.62. The van der Waals surface area contributed by atoms with Crippen LogP contribution in [0.1, 0.15) is 12.0 Å². The maximum atomic E-state index is 5.38. The molecular formula is C16H21N3O. The zero-order valence-electron chi connectivity index (χ0n) is 12.2. The van der Waals surface area contributed by atoms with Crippen LogP contribution in [0.5, 0.6) is 0 Å². The van der Waals surface area contributed by atoms with E-state index in [0.717, 1.165) is 32.7 Å². The van der Waals surface area contributed by atoms with E-state index >= 15 is 0 Å². The predicted octanol–water partition coefficient (Wildman–Crippen LogP) is 2.40. The van der Waals surface area contributed by atoms with E-state index in [2.05, 4.69) is 53.1 Å². The minimum atomic E-state index is 0.729. The molecule has 0 saturated heterocycles. The van der Waals surface area contributed by atoms with Crippen LogP contribution in [0, 0.1) is 0 Å². The van der Waals surface area contributed by atoms with Crippen LogP contribution >= 0.6 is 0 Å². The average molecular weight is 271 g/mol. The number of benzene rings is 1. The maximum Gasteiger partial charge on any atom is 0.0689 e. The number of ether oxygens (including phenoxy) is 1. The van der Waals surface area contributed by atoms with Gasteiger partial charge in [-0.05, 0) is 37.7 Å². The van der Waals surface area contributed by atoms with E-state index in [4.69, 9.17) is 4.74 Å². The van der Waals surface area contributed by atoms with E-state index in [0.29, 0.717) is 0 Å². The highest BCUT2D eigenvalue weighted by Gasteiger charge is 2.09. The highest BCUT2D eigenvalue weighted by molar-refractivity contribution is 5.83. The van der Waals surface area contributed by atoms with Gasteiger partial charge < -0.3 is 9.64 Å². The fourth-order valence-corrected chi connectivity index (χ4v) is 2.53. The summed E-state index contributed by atoms with van der Waals surface area (Å²) >= 11 is 0. The molecule has 1 aliphatic heterocycles. The number of hydrogen-bond acceptors (Lipinski definition) is 3. The summed E-state index contributed by atoms with van der Waals surface area (Å²) < 4.78 is 7.48. The summed E-state index contributed by atoms with van der Waals surface area (Å²) in [5, 5.41) is 5.71. The topological polar surface area (TPSA) is 30.3 Å². The molecule has 20 heavy (non-hydrogen) atoms. The second-order valence-corrected chi connectivity index (χ2v) is 5.50. The van der Waals surface area contributed by atoms with Gasteiger partial charge in [0, 0.05) is 11.9 Å². The molecule has 0 N–H and O–H groups in total. The van der Waals surface area contributed by atoms with E-state index in [1.807, 2.05) is 6.20 Å². The number of fused-ring (bicyclic) bond motifs is 1. The molecule has 0 aliphatic carbocycles. The van der Waals surface area contributed by atoms with Crippen molar-refractivity contribution in [3.8, 4) is 0 Å². The third-order valence-corrected chi connectivity index (χ3v) is 3.74. The first-order valence-electron chi connectivity index (χ1n) is 7.11. The van der Waals surface area contributed by atoms with Gasteiger partial charge in [-0.1, -0.05) is 18.2 Å². The lowest BCUT2D eigenvalue weighted by Crippen LogP contribution is -2.18. The lowest BCUT2D eigenvalue weighted by Gasteiger charge is -2.14. The monoisotopic (exact) mass is 271 g/mol. The predicted molar refractivity (Wildman–Crippen MR) is 81.7 cm³/mol.